The second kappa shape index (κ2) is 8.80. The molecule has 0 saturated heterocycles. The maximum Gasteiger partial charge on any atom is 0.308 e. The van der Waals surface area contributed by atoms with Gasteiger partial charge < -0.3 is 14.8 Å². The van der Waals surface area contributed by atoms with E-state index in [1.165, 1.54) is 26.0 Å². The molecule has 2 aromatic carbocycles. The summed E-state index contributed by atoms with van der Waals surface area (Å²) in [6.45, 7) is 4.68. The average molecular weight is 355 g/mol. The van der Waals surface area contributed by atoms with E-state index in [4.69, 9.17) is 9.47 Å². The lowest BCUT2D eigenvalue weighted by Crippen LogP contribution is -2.27. The molecule has 0 bridgehead atoms. The molecule has 0 aromatic heterocycles. The molecule has 0 fully saturated rings. The molecule has 6 nitrogen and oxygen atoms in total. The van der Waals surface area contributed by atoms with Crippen LogP contribution < -0.4 is 14.8 Å². The summed E-state index contributed by atoms with van der Waals surface area (Å²) in [6, 6.07) is 14.3. The van der Waals surface area contributed by atoms with E-state index in [2.05, 4.69) is 5.32 Å². The molecule has 6 heteroatoms. The maximum absolute atomic E-state index is 12.4. The van der Waals surface area contributed by atoms with E-state index < -0.39 is 17.9 Å². The summed E-state index contributed by atoms with van der Waals surface area (Å²) >= 11 is 0. The van der Waals surface area contributed by atoms with Crippen LogP contribution in [0, 0.1) is 0 Å². The van der Waals surface area contributed by atoms with Crippen LogP contribution in [-0.4, -0.2) is 17.8 Å². The zero-order valence-corrected chi connectivity index (χ0v) is 14.9. The summed E-state index contributed by atoms with van der Waals surface area (Å²) < 4.78 is 10.1. The van der Waals surface area contributed by atoms with Gasteiger partial charge in [0.2, 0.25) is 5.91 Å². The number of rotatable bonds is 6. The van der Waals surface area contributed by atoms with Gasteiger partial charge in [0.25, 0.3) is 0 Å². The Morgan fingerprint density at radius 3 is 2.15 bits per heavy atom. The van der Waals surface area contributed by atoms with Crippen LogP contribution in [0.5, 0.6) is 11.5 Å². The number of esters is 2. The number of hydrogen-bond donors (Lipinski definition) is 1. The second-order valence-electron chi connectivity index (χ2n) is 5.82. The van der Waals surface area contributed by atoms with Gasteiger partial charge in [-0.3, -0.25) is 14.4 Å². The van der Waals surface area contributed by atoms with E-state index in [9.17, 15) is 14.4 Å². The summed E-state index contributed by atoms with van der Waals surface area (Å²) in [7, 11) is 0. The Bertz CT molecular complexity index is 801. The zero-order valence-electron chi connectivity index (χ0n) is 14.9. The number of carbonyl (C=O) groups excluding carboxylic acids is 3. The van der Waals surface area contributed by atoms with Crippen LogP contribution >= 0.6 is 0 Å². The van der Waals surface area contributed by atoms with Gasteiger partial charge in [-0.15, -0.1) is 0 Å². The molecule has 1 N–H and O–H groups in total. The van der Waals surface area contributed by atoms with Crippen LogP contribution in [0.4, 0.5) is 0 Å². The molecule has 0 aliphatic carbocycles. The lowest BCUT2D eigenvalue weighted by atomic mass is 9.99. The normalized spacial score (nSPS) is 11.3. The Morgan fingerprint density at radius 1 is 0.923 bits per heavy atom. The van der Waals surface area contributed by atoms with Crippen LogP contribution in [0.1, 0.15) is 37.8 Å². The molecule has 136 valence electrons. The predicted octanol–water partition coefficient (Wildman–Crippen LogP) is 2.96. The highest BCUT2D eigenvalue weighted by atomic mass is 16.6. The van der Waals surface area contributed by atoms with Crippen LogP contribution in [0.3, 0.4) is 0 Å². The third kappa shape index (κ3) is 5.44. The molecule has 0 radical (unpaired) electrons. The molecule has 2 aromatic rings. The van der Waals surface area contributed by atoms with Crippen LogP contribution in [0.25, 0.3) is 0 Å². The third-order valence-corrected chi connectivity index (χ3v) is 3.68. The topological polar surface area (TPSA) is 81.7 Å². The quantitative estimate of drug-likeness (QED) is 0.636. The highest BCUT2D eigenvalue weighted by Crippen LogP contribution is 2.31. The number of carbonyl (C=O) groups is 3. The van der Waals surface area contributed by atoms with Crippen molar-refractivity contribution in [3.63, 3.8) is 0 Å². The summed E-state index contributed by atoms with van der Waals surface area (Å²) in [5.74, 6) is -1.47. The van der Waals surface area contributed by atoms with E-state index >= 15 is 0 Å². The first-order valence-electron chi connectivity index (χ1n) is 8.19. The standard InChI is InChI=1S/C20H21NO5/c1-13(20(24)21-12-16-7-5-4-6-8-16)17-9-10-18(25-14(2)22)19(11-17)26-15(3)23/h4-11,13H,12H2,1-3H3,(H,21,24). The van der Waals surface area contributed by atoms with Gasteiger partial charge in [-0.1, -0.05) is 36.4 Å². The van der Waals surface area contributed by atoms with E-state index in [0.29, 0.717) is 12.1 Å². The van der Waals surface area contributed by atoms with E-state index in [-0.39, 0.29) is 17.4 Å². The van der Waals surface area contributed by atoms with Gasteiger partial charge in [0, 0.05) is 20.4 Å². The monoisotopic (exact) mass is 355 g/mol. The molecule has 0 heterocycles. The van der Waals surface area contributed by atoms with Crippen LogP contribution in [0.2, 0.25) is 0 Å². The number of ether oxygens (including phenoxy) is 2. The van der Waals surface area contributed by atoms with Crippen molar-refractivity contribution in [3.05, 3.63) is 59.7 Å². The fourth-order valence-corrected chi connectivity index (χ4v) is 2.36. The molecule has 1 atom stereocenters. The smallest absolute Gasteiger partial charge is 0.308 e. The fraction of sp³-hybridized carbons (Fsp3) is 0.250. The Balaban J connectivity index is 2.13. The first-order chi connectivity index (χ1) is 12.4. The predicted molar refractivity (Wildman–Crippen MR) is 95.8 cm³/mol. The Kier molecular flexibility index (Phi) is 6.49. The Morgan fingerprint density at radius 2 is 1.54 bits per heavy atom. The Labute approximate surface area is 152 Å². The van der Waals surface area contributed by atoms with Crippen molar-refractivity contribution in [2.45, 2.75) is 33.2 Å². The van der Waals surface area contributed by atoms with E-state index in [0.717, 1.165) is 5.56 Å². The van der Waals surface area contributed by atoms with Gasteiger partial charge in [-0.05, 0) is 30.2 Å². The van der Waals surface area contributed by atoms with E-state index in [1.54, 1.807) is 13.0 Å². The SMILES string of the molecule is CC(=O)Oc1ccc(C(C)C(=O)NCc2ccccc2)cc1OC(C)=O. The number of hydrogen-bond acceptors (Lipinski definition) is 5. The highest BCUT2D eigenvalue weighted by Gasteiger charge is 2.19. The summed E-state index contributed by atoms with van der Waals surface area (Å²) in [5, 5.41) is 2.87. The lowest BCUT2D eigenvalue weighted by molar-refractivity contribution is -0.134. The first kappa shape index (κ1) is 19.2. The molecular weight excluding hydrogens is 334 g/mol. The minimum Gasteiger partial charge on any atom is -0.423 e. The summed E-state index contributed by atoms with van der Waals surface area (Å²) in [6.07, 6.45) is 0. The first-order valence-corrected chi connectivity index (χ1v) is 8.19. The zero-order chi connectivity index (χ0) is 19.1. The van der Waals surface area contributed by atoms with Gasteiger partial charge in [-0.25, -0.2) is 0 Å². The van der Waals surface area contributed by atoms with Crippen LogP contribution in [0.15, 0.2) is 48.5 Å². The Hall–Kier alpha value is -3.15. The van der Waals surface area contributed by atoms with Gasteiger partial charge >= 0.3 is 11.9 Å². The minimum absolute atomic E-state index is 0.105. The second-order valence-corrected chi connectivity index (χ2v) is 5.82. The van der Waals surface area contributed by atoms with Crippen molar-refractivity contribution in [2.24, 2.45) is 0 Å². The molecule has 1 amide bonds. The van der Waals surface area contributed by atoms with Crippen molar-refractivity contribution in [1.29, 1.82) is 0 Å². The fourth-order valence-electron chi connectivity index (χ4n) is 2.36. The van der Waals surface area contributed by atoms with Gasteiger partial charge in [0.05, 0.1) is 5.92 Å². The average Bonchev–Trinajstić information content (AvgIpc) is 2.60. The molecule has 0 aliphatic heterocycles. The molecule has 0 aliphatic rings. The van der Waals surface area contributed by atoms with Crippen molar-refractivity contribution < 1.29 is 23.9 Å². The van der Waals surface area contributed by atoms with Crippen molar-refractivity contribution >= 4 is 17.8 Å². The molecule has 26 heavy (non-hydrogen) atoms. The molecule has 2 rings (SSSR count). The molecule has 1 unspecified atom stereocenters. The summed E-state index contributed by atoms with van der Waals surface area (Å²) in [4.78, 5) is 34.9. The maximum atomic E-state index is 12.4. The van der Waals surface area contributed by atoms with E-state index in [1.807, 2.05) is 30.3 Å². The minimum atomic E-state index is -0.545. The third-order valence-electron chi connectivity index (χ3n) is 3.68. The number of amides is 1. The van der Waals surface area contributed by atoms with Gasteiger partial charge in [-0.2, -0.15) is 0 Å². The molecule has 0 saturated carbocycles. The summed E-state index contributed by atoms with van der Waals surface area (Å²) in [5.41, 5.74) is 1.64. The van der Waals surface area contributed by atoms with Gasteiger partial charge in [0.1, 0.15) is 0 Å². The van der Waals surface area contributed by atoms with Crippen LogP contribution in [-0.2, 0) is 20.9 Å². The number of nitrogens with one attached hydrogen (secondary N) is 1. The largest absolute Gasteiger partial charge is 0.423 e. The lowest BCUT2D eigenvalue weighted by Gasteiger charge is -2.15. The number of benzene rings is 2. The highest BCUT2D eigenvalue weighted by molar-refractivity contribution is 5.83. The van der Waals surface area contributed by atoms with Crippen molar-refractivity contribution in [1.82, 2.24) is 5.32 Å². The van der Waals surface area contributed by atoms with Gasteiger partial charge in [0.15, 0.2) is 11.5 Å². The van der Waals surface area contributed by atoms with Crippen molar-refractivity contribution in [2.75, 3.05) is 0 Å². The molecule has 0 spiro atoms. The van der Waals surface area contributed by atoms with Crippen molar-refractivity contribution in [3.8, 4) is 11.5 Å². The molecular formula is C20H21NO5.